The third-order valence-electron chi connectivity index (χ3n) is 8.42. The molecule has 3 aromatic rings. The first kappa shape index (κ1) is 27.2. The van der Waals surface area contributed by atoms with Crippen LogP contribution in [0.5, 0.6) is 0 Å². The summed E-state index contributed by atoms with van der Waals surface area (Å²) in [5.41, 5.74) is 6.11. The molecule has 204 valence electrons. The van der Waals surface area contributed by atoms with Crippen molar-refractivity contribution in [2.45, 2.75) is 58.0 Å². The first-order valence-corrected chi connectivity index (χ1v) is 14.4. The van der Waals surface area contributed by atoms with E-state index in [0.29, 0.717) is 12.3 Å². The number of hydrogen-bond donors (Lipinski definition) is 0. The Morgan fingerprint density at radius 1 is 0.795 bits per heavy atom. The minimum absolute atomic E-state index is 0.159. The minimum Gasteiger partial charge on any atom is -0.299 e. The lowest BCUT2D eigenvalue weighted by molar-refractivity contribution is -0.384. The molecule has 3 aromatic carbocycles. The number of fused-ring (bicyclic) bond motifs is 1. The van der Waals surface area contributed by atoms with Gasteiger partial charge in [0.1, 0.15) is 0 Å². The lowest BCUT2D eigenvalue weighted by Crippen LogP contribution is -2.33. The van der Waals surface area contributed by atoms with Crippen LogP contribution in [0.15, 0.2) is 72.8 Å². The number of nitro groups is 1. The maximum Gasteiger partial charge on any atom is 0.269 e. The Bertz CT molecular complexity index is 1270. The van der Waals surface area contributed by atoms with Crippen LogP contribution in [0.3, 0.4) is 0 Å². The van der Waals surface area contributed by atoms with Crippen LogP contribution in [0.2, 0.25) is 0 Å². The molecule has 6 nitrogen and oxygen atoms in total. The second-order valence-corrected chi connectivity index (χ2v) is 11.2. The van der Waals surface area contributed by atoms with Crippen molar-refractivity contribution in [3.05, 3.63) is 111 Å². The van der Waals surface area contributed by atoms with Gasteiger partial charge in [0, 0.05) is 50.3 Å². The van der Waals surface area contributed by atoms with E-state index in [2.05, 4.69) is 52.3 Å². The van der Waals surface area contributed by atoms with Gasteiger partial charge in [-0.05, 0) is 85.9 Å². The molecule has 0 aromatic heterocycles. The fourth-order valence-electron chi connectivity index (χ4n) is 6.10. The Morgan fingerprint density at radius 2 is 1.49 bits per heavy atom. The lowest BCUT2D eigenvalue weighted by atomic mass is 9.90. The van der Waals surface area contributed by atoms with Gasteiger partial charge in [-0.3, -0.25) is 24.7 Å². The Kier molecular flexibility index (Phi) is 9.17. The number of hydrogen-bond acceptors (Lipinski definition) is 5. The number of nitrogens with zero attached hydrogens (tertiary/aromatic N) is 3. The van der Waals surface area contributed by atoms with Gasteiger partial charge in [-0.15, -0.1) is 0 Å². The normalized spacial score (nSPS) is 16.9. The third-order valence-corrected chi connectivity index (χ3v) is 8.42. The summed E-state index contributed by atoms with van der Waals surface area (Å²) in [6.07, 6.45) is 6.94. The number of nitro benzene ring substituents is 1. The Labute approximate surface area is 231 Å². The highest BCUT2D eigenvalue weighted by Crippen LogP contribution is 2.26. The number of ketones is 1. The fourth-order valence-corrected chi connectivity index (χ4v) is 6.10. The van der Waals surface area contributed by atoms with Crippen molar-refractivity contribution in [3.8, 4) is 0 Å². The first-order chi connectivity index (χ1) is 19.0. The SMILES string of the molecule is O=C(CCCC1CCN(Cc2cccc([N+](=O)[O-])c2)CC1)c1ccc2c(c1)CCN(Cc1ccccc1)CC2. The number of rotatable bonds is 10. The number of non-ortho nitro benzene ring substituents is 1. The van der Waals surface area contributed by atoms with E-state index in [4.69, 9.17) is 0 Å². The molecule has 0 saturated carbocycles. The number of likely N-dealkylation sites (tertiary alicyclic amines) is 1. The zero-order valence-electron chi connectivity index (χ0n) is 22.8. The molecule has 1 saturated heterocycles. The van der Waals surface area contributed by atoms with Crippen LogP contribution >= 0.6 is 0 Å². The van der Waals surface area contributed by atoms with Gasteiger partial charge < -0.3 is 0 Å². The van der Waals surface area contributed by atoms with Gasteiger partial charge in [-0.25, -0.2) is 0 Å². The molecule has 0 spiro atoms. The highest BCUT2D eigenvalue weighted by molar-refractivity contribution is 5.96. The molecule has 1 fully saturated rings. The average Bonchev–Trinajstić information content (AvgIpc) is 3.16. The molecule has 2 aliphatic rings. The maximum atomic E-state index is 13.0. The Morgan fingerprint density at radius 3 is 2.26 bits per heavy atom. The molecule has 0 unspecified atom stereocenters. The van der Waals surface area contributed by atoms with Crippen LogP contribution in [-0.2, 0) is 25.9 Å². The summed E-state index contributed by atoms with van der Waals surface area (Å²) in [5.74, 6) is 0.924. The van der Waals surface area contributed by atoms with E-state index < -0.39 is 0 Å². The molecule has 0 bridgehead atoms. The van der Waals surface area contributed by atoms with Gasteiger partial charge in [0.2, 0.25) is 0 Å². The zero-order valence-corrected chi connectivity index (χ0v) is 22.8. The first-order valence-electron chi connectivity index (χ1n) is 14.4. The summed E-state index contributed by atoms with van der Waals surface area (Å²) in [4.78, 5) is 28.6. The molecule has 0 N–H and O–H groups in total. The maximum absolute atomic E-state index is 13.0. The number of Topliss-reactive ketones (excluding diaryl/α,β-unsaturated/α-hetero) is 1. The van der Waals surface area contributed by atoms with E-state index in [1.165, 1.54) is 16.7 Å². The molecule has 0 aliphatic carbocycles. The summed E-state index contributed by atoms with van der Waals surface area (Å²) in [7, 11) is 0. The fraction of sp³-hybridized carbons (Fsp3) is 0.424. The largest absolute Gasteiger partial charge is 0.299 e. The number of carbonyl (C=O) groups excluding carboxylic acids is 1. The molecule has 0 atom stereocenters. The van der Waals surface area contributed by atoms with E-state index in [0.717, 1.165) is 88.9 Å². The number of benzene rings is 3. The van der Waals surface area contributed by atoms with Gasteiger partial charge in [-0.2, -0.15) is 0 Å². The van der Waals surface area contributed by atoms with Crippen LogP contribution < -0.4 is 0 Å². The summed E-state index contributed by atoms with van der Waals surface area (Å²) in [6, 6.07) is 24.0. The van der Waals surface area contributed by atoms with Crippen molar-refractivity contribution in [2.24, 2.45) is 5.92 Å². The Balaban J connectivity index is 1.04. The highest BCUT2D eigenvalue weighted by atomic mass is 16.6. The Hall–Kier alpha value is -3.35. The standard InChI is InChI=1S/C33H39N3O3/c37-33(11-5-8-26-14-18-34(19-15-26)25-28-9-4-10-32(22-28)36(38)39)31-13-12-29-16-20-35(21-17-30(29)23-31)24-27-6-2-1-3-7-27/h1-4,6-7,9-10,12-13,22-23,26H,5,8,11,14-21,24-25H2. The van der Waals surface area contributed by atoms with Gasteiger partial charge in [0.15, 0.2) is 5.78 Å². The van der Waals surface area contributed by atoms with E-state index in [1.54, 1.807) is 18.2 Å². The van der Waals surface area contributed by atoms with Crippen molar-refractivity contribution in [2.75, 3.05) is 26.2 Å². The van der Waals surface area contributed by atoms with Crippen LogP contribution in [0.1, 0.15) is 64.7 Å². The predicted octanol–water partition coefficient (Wildman–Crippen LogP) is 6.46. The minimum atomic E-state index is -0.330. The summed E-state index contributed by atoms with van der Waals surface area (Å²) in [5, 5.41) is 11.0. The molecule has 39 heavy (non-hydrogen) atoms. The van der Waals surface area contributed by atoms with E-state index in [1.807, 2.05) is 12.1 Å². The molecule has 2 aliphatic heterocycles. The zero-order chi connectivity index (χ0) is 27.0. The summed E-state index contributed by atoms with van der Waals surface area (Å²) >= 11 is 0. The summed E-state index contributed by atoms with van der Waals surface area (Å²) < 4.78 is 0. The molecule has 5 rings (SSSR count). The lowest BCUT2D eigenvalue weighted by Gasteiger charge is -2.32. The monoisotopic (exact) mass is 525 g/mol. The molecular weight excluding hydrogens is 486 g/mol. The molecule has 0 amide bonds. The van der Waals surface area contributed by atoms with Crippen molar-refractivity contribution in [1.82, 2.24) is 9.80 Å². The molecule has 2 heterocycles. The van der Waals surface area contributed by atoms with E-state index in [-0.39, 0.29) is 16.4 Å². The van der Waals surface area contributed by atoms with Crippen LogP contribution in [0.4, 0.5) is 5.69 Å². The van der Waals surface area contributed by atoms with Gasteiger partial charge in [0.25, 0.3) is 5.69 Å². The molecule has 0 radical (unpaired) electrons. The smallest absolute Gasteiger partial charge is 0.269 e. The van der Waals surface area contributed by atoms with Gasteiger partial charge in [-0.1, -0.05) is 54.6 Å². The van der Waals surface area contributed by atoms with Crippen molar-refractivity contribution in [3.63, 3.8) is 0 Å². The topological polar surface area (TPSA) is 66.7 Å². The van der Waals surface area contributed by atoms with Crippen LogP contribution in [0, 0.1) is 16.0 Å². The average molecular weight is 526 g/mol. The second kappa shape index (κ2) is 13.1. The van der Waals surface area contributed by atoms with Crippen LogP contribution in [-0.4, -0.2) is 46.7 Å². The van der Waals surface area contributed by atoms with Crippen LogP contribution in [0.25, 0.3) is 0 Å². The summed E-state index contributed by atoms with van der Waals surface area (Å²) in [6.45, 7) is 5.84. The molecular formula is C33H39N3O3. The second-order valence-electron chi connectivity index (χ2n) is 11.2. The number of carbonyl (C=O) groups is 1. The van der Waals surface area contributed by atoms with Crippen molar-refractivity contribution in [1.29, 1.82) is 0 Å². The van der Waals surface area contributed by atoms with Gasteiger partial charge in [0.05, 0.1) is 4.92 Å². The van der Waals surface area contributed by atoms with E-state index in [9.17, 15) is 14.9 Å². The third kappa shape index (κ3) is 7.61. The van der Waals surface area contributed by atoms with Crippen molar-refractivity contribution < 1.29 is 9.72 Å². The molecule has 6 heteroatoms. The van der Waals surface area contributed by atoms with Gasteiger partial charge >= 0.3 is 0 Å². The van der Waals surface area contributed by atoms with Crippen molar-refractivity contribution >= 4 is 11.5 Å². The highest BCUT2D eigenvalue weighted by Gasteiger charge is 2.21. The number of piperidine rings is 1. The predicted molar refractivity (Wildman–Crippen MR) is 155 cm³/mol. The quantitative estimate of drug-likeness (QED) is 0.173. The van der Waals surface area contributed by atoms with E-state index >= 15 is 0 Å².